The van der Waals surface area contributed by atoms with Crippen molar-refractivity contribution in [2.24, 2.45) is 5.41 Å². The first-order chi connectivity index (χ1) is 17.6. The van der Waals surface area contributed by atoms with Crippen molar-refractivity contribution in [3.8, 4) is 11.3 Å². The number of nitrogens with one attached hydrogen (secondary N) is 1. The molecular weight excluding hydrogens is 477 g/mol. The largest absolute Gasteiger partial charge is 0.418 e. The average molecular weight is 511 g/mol. The van der Waals surface area contributed by atoms with Crippen LogP contribution in [0.2, 0.25) is 0 Å². The van der Waals surface area contributed by atoms with E-state index < -0.39 is 11.7 Å². The van der Waals surface area contributed by atoms with E-state index in [1.165, 1.54) is 28.4 Å². The van der Waals surface area contributed by atoms with Crippen LogP contribution in [0.25, 0.3) is 27.7 Å². The molecule has 3 aromatic heterocycles. The highest BCUT2D eigenvalue weighted by Gasteiger charge is 2.36. The fourth-order valence-corrected chi connectivity index (χ4v) is 6.21. The van der Waals surface area contributed by atoms with Gasteiger partial charge in [0.2, 0.25) is 0 Å². The Morgan fingerprint density at radius 3 is 2.54 bits per heavy atom. The predicted octanol–water partition coefficient (Wildman–Crippen LogP) is 6.84. The Labute approximate surface area is 214 Å². The molecule has 2 aliphatic rings. The fourth-order valence-electron chi connectivity index (χ4n) is 6.21. The molecule has 1 aromatic carbocycles. The van der Waals surface area contributed by atoms with Crippen molar-refractivity contribution in [3.63, 3.8) is 0 Å². The molecule has 5 heterocycles. The number of alkyl halides is 3. The zero-order valence-corrected chi connectivity index (χ0v) is 21.5. The molecule has 196 valence electrons. The lowest BCUT2D eigenvalue weighted by Crippen LogP contribution is -2.50. The fraction of sp³-hybridized carbons (Fsp3) is 0.483. The van der Waals surface area contributed by atoms with Gasteiger partial charge < -0.3 is 14.6 Å². The van der Waals surface area contributed by atoms with Gasteiger partial charge in [-0.1, -0.05) is 26.8 Å². The smallest absolute Gasteiger partial charge is 0.380 e. The number of ether oxygens (including phenoxy) is 1. The number of halogens is 3. The normalized spacial score (nSPS) is 19.2. The number of nitrogens with zero attached hydrogens (tertiary/aromatic N) is 3. The van der Waals surface area contributed by atoms with Gasteiger partial charge in [-0.2, -0.15) is 18.3 Å². The van der Waals surface area contributed by atoms with E-state index in [0.29, 0.717) is 16.9 Å². The highest BCUT2D eigenvalue weighted by atomic mass is 19.4. The van der Waals surface area contributed by atoms with Gasteiger partial charge in [-0.3, -0.25) is 0 Å². The molecule has 4 aromatic rings. The predicted molar refractivity (Wildman–Crippen MR) is 139 cm³/mol. The number of hydrogen-bond donors (Lipinski definition) is 1. The lowest BCUT2D eigenvalue weighted by atomic mass is 9.84. The third-order valence-corrected chi connectivity index (χ3v) is 8.11. The number of hydrogen-bond acceptors (Lipinski definition) is 3. The van der Waals surface area contributed by atoms with Crippen molar-refractivity contribution >= 4 is 16.4 Å². The topological polar surface area (TPSA) is 45.6 Å². The van der Waals surface area contributed by atoms with Gasteiger partial charge >= 0.3 is 6.18 Å². The summed E-state index contributed by atoms with van der Waals surface area (Å²) in [5.41, 5.74) is 4.22. The molecular formula is C29H33F3N4O. The molecule has 0 aliphatic carbocycles. The summed E-state index contributed by atoms with van der Waals surface area (Å²) in [4.78, 5) is 6.01. The second kappa shape index (κ2) is 8.88. The summed E-state index contributed by atoms with van der Waals surface area (Å²) in [5.74, 6) is 0.621. The Hall–Kier alpha value is -2.84. The molecule has 0 bridgehead atoms. The van der Waals surface area contributed by atoms with Gasteiger partial charge in [0.25, 0.3) is 0 Å². The standard InChI is InChI=1S/C29H33F3N4O/c1-18(2)26-22-12-20(19-7-10-35(11-8-19)15-28(3)16-37-17-28)4-5-24(22)34-27(26)21-13-23(29(30,31)32)25-6-9-33-36(25)14-21/h4-6,9,12-14,18-19,34H,7-8,10-11,15-17H2,1-3H3. The van der Waals surface area contributed by atoms with Gasteiger partial charge in [0.15, 0.2) is 0 Å². The summed E-state index contributed by atoms with van der Waals surface area (Å²) < 4.78 is 48.4. The van der Waals surface area contributed by atoms with Gasteiger partial charge in [0.05, 0.1) is 30.0 Å². The first kappa shape index (κ1) is 24.5. The van der Waals surface area contributed by atoms with E-state index in [1.807, 2.05) is 0 Å². The summed E-state index contributed by atoms with van der Waals surface area (Å²) in [5, 5.41) is 5.21. The first-order valence-electron chi connectivity index (χ1n) is 13.1. The molecule has 1 N–H and O–H groups in total. The number of likely N-dealkylation sites (tertiary alicyclic amines) is 1. The summed E-state index contributed by atoms with van der Waals surface area (Å²) in [6.07, 6.45) is 0.849. The third-order valence-electron chi connectivity index (χ3n) is 8.11. The zero-order valence-electron chi connectivity index (χ0n) is 21.5. The Morgan fingerprint density at radius 2 is 1.89 bits per heavy atom. The summed E-state index contributed by atoms with van der Waals surface area (Å²) in [6.45, 7) is 11.5. The van der Waals surface area contributed by atoms with Gasteiger partial charge in [0.1, 0.15) is 0 Å². The molecule has 0 saturated carbocycles. The molecule has 8 heteroatoms. The van der Waals surface area contributed by atoms with Crippen molar-refractivity contribution in [2.45, 2.75) is 51.6 Å². The molecule has 37 heavy (non-hydrogen) atoms. The molecule has 2 saturated heterocycles. The molecule has 0 unspecified atom stereocenters. The second-order valence-electron chi connectivity index (χ2n) is 11.5. The van der Waals surface area contributed by atoms with Crippen LogP contribution in [0.3, 0.4) is 0 Å². The lowest BCUT2D eigenvalue weighted by molar-refractivity contribution is -0.136. The highest BCUT2D eigenvalue weighted by Crippen LogP contribution is 2.41. The maximum Gasteiger partial charge on any atom is 0.418 e. The molecule has 0 radical (unpaired) electrons. The van der Waals surface area contributed by atoms with Crippen LogP contribution in [0.1, 0.15) is 62.1 Å². The molecule has 0 atom stereocenters. The monoisotopic (exact) mass is 510 g/mol. The van der Waals surface area contributed by atoms with Crippen molar-refractivity contribution in [2.75, 3.05) is 32.8 Å². The maximum atomic E-state index is 13.9. The van der Waals surface area contributed by atoms with E-state index >= 15 is 0 Å². The van der Waals surface area contributed by atoms with Crippen LogP contribution in [0, 0.1) is 5.41 Å². The number of fused-ring (bicyclic) bond motifs is 2. The van der Waals surface area contributed by atoms with E-state index in [0.717, 1.165) is 67.8 Å². The van der Waals surface area contributed by atoms with Gasteiger partial charge in [-0.05, 0) is 73.2 Å². The number of benzene rings is 1. The minimum Gasteiger partial charge on any atom is -0.380 e. The van der Waals surface area contributed by atoms with Crippen LogP contribution in [0.4, 0.5) is 13.2 Å². The highest BCUT2D eigenvalue weighted by molar-refractivity contribution is 5.92. The second-order valence-corrected chi connectivity index (χ2v) is 11.5. The van der Waals surface area contributed by atoms with Crippen LogP contribution in [0.15, 0.2) is 42.7 Å². The number of aromatic amines is 1. The van der Waals surface area contributed by atoms with E-state index in [2.05, 4.69) is 54.0 Å². The van der Waals surface area contributed by atoms with E-state index in [-0.39, 0.29) is 11.4 Å². The maximum absolute atomic E-state index is 13.9. The van der Waals surface area contributed by atoms with E-state index in [4.69, 9.17) is 4.74 Å². The Kier molecular flexibility index (Phi) is 5.88. The van der Waals surface area contributed by atoms with Gasteiger partial charge in [-0.25, -0.2) is 4.52 Å². The van der Waals surface area contributed by atoms with Crippen LogP contribution in [-0.4, -0.2) is 52.3 Å². The van der Waals surface area contributed by atoms with Crippen LogP contribution in [0.5, 0.6) is 0 Å². The molecule has 6 rings (SSSR count). The molecule has 2 fully saturated rings. The summed E-state index contributed by atoms with van der Waals surface area (Å²) >= 11 is 0. The zero-order chi connectivity index (χ0) is 25.9. The number of piperidine rings is 1. The molecule has 2 aliphatic heterocycles. The van der Waals surface area contributed by atoms with Gasteiger partial charge in [-0.15, -0.1) is 0 Å². The number of pyridine rings is 1. The average Bonchev–Trinajstić information content (AvgIpc) is 3.46. The van der Waals surface area contributed by atoms with Crippen LogP contribution < -0.4 is 0 Å². The van der Waals surface area contributed by atoms with Gasteiger partial charge in [0, 0.05) is 40.8 Å². The van der Waals surface area contributed by atoms with Crippen molar-refractivity contribution in [1.29, 1.82) is 0 Å². The summed E-state index contributed by atoms with van der Waals surface area (Å²) in [6, 6.07) is 9.20. The van der Waals surface area contributed by atoms with Crippen molar-refractivity contribution in [1.82, 2.24) is 19.5 Å². The minimum absolute atomic E-state index is 0.0610. The third kappa shape index (κ3) is 4.44. The molecule has 0 amide bonds. The molecule has 5 nitrogen and oxygen atoms in total. The first-order valence-corrected chi connectivity index (χ1v) is 13.1. The molecule has 0 spiro atoms. The Balaban J connectivity index is 1.34. The van der Waals surface area contributed by atoms with Crippen molar-refractivity contribution in [3.05, 3.63) is 59.4 Å². The van der Waals surface area contributed by atoms with Crippen LogP contribution in [-0.2, 0) is 10.9 Å². The van der Waals surface area contributed by atoms with Crippen molar-refractivity contribution < 1.29 is 17.9 Å². The lowest BCUT2D eigenvalue weighted by Gasteiger charge is -2.43. The van der Waals surface area contributed by atoms with E-state index in [1.54, 1.807) is 6.20 Å². The van der Waals surface area contributed by atoms with E-state index in [9.17, 15) is 13.2 Å². The quantitative estimate of drug-likeness (QED) is 0.320. The number of H-pyrrole nitrogens is 1. The Morgan fingerprint density at radius 1 is 1.14 bits per heavy atom. The minimum atomic E-state index is -4.47. The number of aromatic nitrogens is 3. The Bertz CT molecular complexity index is 1440. The summed E-state index contributed by atoms with van der Waals surface area (Å²) in [7, 11) is 0. The number of rotatable bonds is 5. The van der Waals surface area contributed by atoms with Crippen LogP contribution >= 0.6 is 0 Å². The SMILES string of the molecule is CC(C)c1c(-c2cc(C(F)(F)F)c3ccnn3c2)[nH]c2ccc(C3CCN(CC4(C)COC4)CC3)cc12.